The molecule has 0 aliphatic carbocycles. The van der Waals surface area contributed by atoms with Crippen LogP contribution in [0.5, 0.6) is 11.5 Å². The van der Waals surface area contributed by atoms with Crippen molar-refractivity contribution < 1.29 is 27.8 Å². The van der Waals surface area contributed by atoms with Gasteiger partial charge in [0.15, 0.2) is 5.17 Å². The second-order valence-electron chi connectivity index (χ2n) is 6.81. The molecule has 7 nitrogen and oxygen atoms in total. The van der Waals surface area contributed by atoms with Crippen LogP contribution in [0, 0.1) is 5.41 Å². The van der Waals surface area contributed by atoms with E-state index in [9.17, 15) is 18.0 Å². The molecule has 1 amide bonds. The Morgan fingerprint density at radius 1 is 1.18 bits per heavy atom. The fraction of sp³-hybridized carbons (Fsp3) is 0.130. The summed E-state index contributed by atoms with van der Waals surface area (Å²) in [6.45, 7) is -0.0207. The Morgan fingerprint density at radius 2 is 1.91 bits per heavy atom. The number of hydrogen-bond acceptors (Lipinski definition) is 6. The highest BCUT2D eigenvalue weighted by Gasteiger charge is 2.32. The largest absolute Gasteiger partial charge is 0.457 e. The number of nitrogens with one attached hydrogen (secondary N) is 1. The first-order valence-corrected chi connectivity index (χ1v) is 10.7. The topological polar surface area (TPSA) is 122 Å². The van der Waals surface area contributed by atoms with Crippen molar-refractivity contribution in [2.24, 2.45) is 10.7 Å². The van der Waals surface area contributed by atoms with Crippen molar-refractivity contribution in [1.29, 1.82) is 5.41 Å². The summed E-state index contributed by atoms with van der Waals surface area (Å²) in [5.41, 5.74) is 7.05. The van der Waals surface area contributed by atoms with E-state index in [1.165, 1.54) is 0 Å². The van der Waals surface area contributed by atoms with Crippen LogP contribution in [0.4, 0.5) is 13.2 Å². The number of aliphatic hydroxyl groups excluding tert-OH is 1. The van der Waals surface area contributed by atoms with E-state index in [-0.39, 0.29) is 23.3 Å². The maximum atomic E-state index is 13.2. The highest BCUT2D eigenvalue weighted by atomic mass is 32.2. The van der Waals surface area contributed by atoms with E-state index in [0.29, 0.717) is 29.9 Å². The normalized spacial score (nSPS) is 11.8. The molecule has 0 bridgehead atoms. The molecule has 2 aromatic carbocycles. The van der Waals surface area contributed by atoms with E-state index in [0.717, 1.165) is 28.9 Å². The van der Waals surface area contributed by atoms with Gasteiger partial charge in [-0.05, 0) is 66.4 Å². The van der Waals surface area contributed by atoms with Crippen LogP contribution >= 0.6 is 11.8 Å². The van der Waals surface area contributed by atoms with E-state index in [2.05, 4.69) is 9.98 Å². The monoisotopic (exact) mass is 488 g/mol. The quantitative estimate of drug-likeness (QED) is 0.322. The number of thioether (sulfide) groups is 1. The number of alkyl halides is 3. The molecular weight excluding hydrogens is 469 g/mol. The first kappa shape index (κ1) is 24.9. The number of aliphatic imine (C=N–C) groups is 1. The van der Waals surface area contributed by atoms with Crippen molar-refractivity contribution in [3.05, 3.63) is 77.5 Å². The summed E-state index contributed by atoms with van der Waals surface area (Å²) < 4.78 is 45.3. The molecule has 0 spiro atoms. The standard InChI is InChI=1S/C23H19F3N4O3S/c24-23(25,26)15-6-9-20(18(12-15)21(32)30-22(28)34-13-27)33-17-7-4-14(5-8-17)19-3-1-2-16(29-19)10-11-31/h1-9,12-13,27,31H,10-11H2,(H2,28,30,32). The molecule has 176 valence electrons. The van der Waals surface area contributed by atoms with Crippen LogP contribution in [-0.4, -0.2) is 33.3 Å². The molecule has 3 rings (SSSR count). The second-order valence-corrected chi connectivity index (χ2v) is 7.70. The van der Waals surface area contributed by atoms with Crippen LogP contribution in [0.25, 0.3) is 11.3 Å². The van der Waals surface area contributed by atoms with Crippen LogP contribution in [0.1, 0.15) is 21.6 Å². The molecule has 0 saturated carbocycles. The fourth-order valence-corrected chi connectivity index (χ4v) is 3.18. The zero-order valence-corrected chi connectivity index (χ0v) is 18.4. The van der Waals surface area contributed by atoms with Crippen molar-refractivity contribution in [2.75, 3.05) is 6.61 Å². The van der Waals surface area contributed by atoms with Crippen LogP contribution in [-0.2, 0) is 12.6 Å². The number of hydrogen-bond donors (Lipinski definition) is 3. The number of amides is 1. The number of aliphatic hydroxyl groups is 1. The number of amidine groups is 1. The number of nitrogens with zero attached hydrogens (tertiary/aromatic N) is 2. The molecule has 0 radical (unpaired) electrons. The van der Waals surface area contributed by atoms with Crippen molar-refractivity contribution in [3.63, 3.8) is 0 Å². The smallest absolute Gasteiger partial charge is 0.416 e. The van der Waals surface area contributed by atoms with Gasteiger partial charge in [0, 0.05) is 24.3 Å². The van der Waals surface area contributed by atoms with Crippen molar-refractivity contribution in [1.82, 2.24) is 4.98 Å². The van der Waals surface area contributed by atoms with Gasteiger partial charge in [-0.25, -0.2) is 0 Å². The van der Waals surface area contributed by atoms with Crippen molar-refractivity contribution in [2.45, 2.75) is 12.6 Å². The molecule has 0 aliphatic rings. The summed E-state index contributed by atoms with van der Waals surface area (Å²) in [5.74, 6) is -0.894. The van der Waals surface area contributed by atoms with Crippen molar-refractivity contribution in [3.8, 4) is 22.8 Å². The first-order chi connectivity index (χ1) is 16.2. The number of ether oxygens (including phenoxy) is 1. The lowest BCUT2D eigenvalue weighted by molar-refractivity contribution is -0.137. The molecule has 0 fully saturated rings. The number of nitrogens with two attached hydrogens (primary N) is 1. The summed E-state index contributed by atoms with van der Waals surface area (Å²) >= 11 is 0.643. The van der Waals surface area contributed by atoms with Crippen LogP contribution in [0.2, 0.25) is 0 Å². The molecule has 0 atom stereocenters. The molecular formula is C23H19F3N4O3S. The Balaban J connectivity index is 1.91. The van der Waals surface area contributed by atoms with Gasteiger partial charge in [-0.1, -0.05) is 6.07 Å². The van der Waals surface area contributed by atoms with Gasteiger partial charge in [-0.2, -0.15) is 18.2 Å². The molecule has 0 saturated heterocycles. The van der Waals surface area contributed by atoms with Gasteiger partial charge in [-0.15, -0.1) is 0 Å². The molecule has 1 aromatic heterocycles. The van der Waals surface area contributed by atoms with E-state index in [4.69, 9.17) is 21.0 Å². The van der Waals surface area contributed by atoms with E-state index in [1.807, 2.05) is 6.07 Å². The minimum Gasteiger partial charge on any atom is -0.457 e. The minimum absolute atomic E-state index is 0.0207. The highest BCUT2D eigenvalue weighted by molar-refractivity contribution is 8.24. The Morgan fingerprint density at radius 3 is 2.56 bits per heavy atom. The third-order valence-corrected chi connectivity index (χ3v) is 4.93. The summed E-state index contributed by atoms with van der Waals surface area (Å²) in [6.07, 6.45) is -4.25. The predicted molar refractivity (Wildman–Crippen MR) is 124 cm³/mol. The third-order valence-electron chi connectivity index (χ3n) is 4.48. The zero-order chi connectivity index (χ0) is 24.7. The molecule has 4 N–H and O–H groups in total. The number of rotatable bonds is 7. The summed E-state index contributed by atoms with van der Waals surface area (Å²) in [6, 6.07) is 14.5. The molecule has 3 aromatic rings. The van der Waals surface area contributed by atoms with E-state index < -0.39 is 23.2 Å². The number of carbonyl (C=O) groups is 1. The highest BCUT2D eigenvalue weighted by Crippen LogP contribution is 2.35. The summed E-state index contributed by atoms with van der Waals surface area (Å²) in [5, 5.41) is 15.8. The average Bonchev–Trinajstić information content (AvgIpc) is 2.79. The predicted octanol–water partition coefficient (Wildman–Crippen LogP) is 4.89. The van der Waals surface area contributed by atoms with Gasteiger partial charge >= 0.3 is 6.18 Å². The van der Waals surface area contributed by atoms with Crippen LogP contribution in [0.15, 0.2) is 65.7 Å². The summed E-state index contributed by atoms with van der Waals surface area (Å²) in [7, 11) is 0. The number of benzene rings is 2. The Labute approximate surface area is 197 Å². The number of pyridine rings is 1. The van der Waals surface area contributed by atoms with Gasteiger partial charge in [0.2, 0.25) is 0 Å². The molecule has 11 heteroatoms. The number of aromatic nitrogens is 1. The average molecular weight is 488 g/mol. The SMILES string of the molecule is N=CSC(N)=NC(=O)c1cc(C(F)(F)F)ccc1Oc1ccc(-c2cccc(CCO)n2)cc1. The Bertz CT molecular complexity index is 1210. The lowest BCUT2D eigenvalue weighted by atomic mass is 10.1. The van der Waals surface area contributed by atoms with Gasteiger partial charge < -0.3 is 21.0 Å². The molecule has 1 heterocycles. The van der Waals surface area contributed by atoms with Gasteiger partial charge in [-0.3, -0.25) is 9.78 Å². The van der Waals surface area contributed by atoms with Crippen LogP contribution in [0.3, 0.4) is 0 Å². The summed E-state index contributed by atoms with van der Waals surface area (Å²) in [4.78, 5) is 20.5. The maximum Gasteiger partial charge on any atom is 0.416 e. The van der Waals surface area contributed by atoms with Crippen LogP contribution < -0.4 is 10.5 Å². The molecule has 0 aliphatic heterocycles. The zero-order valence-electron chi connectivity index (χ0n) is 17.5. The van der Waals surface area contributed by atoms with Gasteiger partial charge in [0.1, 0.15) is 11.5 Å². The number of halogens is 3. The first-order valence-electron chi connectivity index (χ1n) is 9.81. The van der Waals surface area contributed by atoms with Gasteiger partial charge in [0.25, 0.3) is 5.91 Å². The second kappa shape index (κ2) is 10.9. The fourth-order valence-electron chi connectivity index (χ4n) is 2.92. The minimum atomic E-state index is -4.67. The van der Waals surface area contributed by atoms with E-state index in [1.54, 1.807) is 36.4 Å². The number of carbonyl (C=O) groups excluding carboxylic acids is 1. The maximum absolute atomic E-state index is 13.2. The molecule has 0 unspecified atom stereocenters. The lowest BCUT2D eigenvalue weighted by Gasteiger charge is -2.13. The van der Waals surface area contributed by atoms with Gasteiger partial charge in [0.05, 0.1) is 22.4 Å². The van der Waals surface area contributed by atoms with Crippen molar-refractivity contribution >= 4 is 28.4 Å². The Kier molecular flexibility index (Phi) is 8.03. The lowest BCUT2D eigenvalue weighted by Crippen LogP contribution is -2.12. The third kappa shape index (κ3) is 6.42. The Hall–Kier alpha value is -3.70. The molecule has 34 heavy (non-hydrogen) atoms. The van der Waals surface area contributed by atoms with E-state index >= 15 is 0 Å².